The molecule has 4 nitrogen and oxygen atoms in total. The largest absolute Gasteiger partial charge is 0.336 e. The van der Waals surface area contributed by atoms with Crippen molar-refractivity contribution in [1.29, 1.82) is 0 Å². The van der Waals surface area contributed by atoms with Crippen molar-refractivity contribution in [1.82, 2.24) is 14.7 Å². The second-order valence-electron chi connectivity index (χ2n) is 8.25. The van der Waals surface area contributed by atoms with E-state index < -0.39 is 0 Å². The summed E-state index contributed by atoms with van der Waals surface area (Å²) in [5.74, 6) is 0.313. The van der Waals surface area contributed by atoms with E-state index in [0.717, 1.165) is 22.6 Å². The van der Waals surface area contributed by atoms with Gasteiger partial charge in [-0.1, -0.05) is 43.9 Å². The van der Waals surface area contributed by atoms with Gasteiger partial charge in [0.2, 0.25) is 5.91 Å². The Bertz CT molecular complexity index is 767. The predicted molar refractivity (Wildman–Crippen MR) is 108 cm³/mol. The van der Waals surface area contributed by atoms with Crippen LogP contribution in [0.5, 0.6) is 0 Å². The van der Waals surface area contributed by atoms with E-state index in [1.165, 1.54) is 51.4 Å². The SMILES string of the molecule is Cc1nn(-c2ccccc2)c(C)c1CC(=O)N(C1CCCC1)C1CCCC1. The molecule has 1 aromatic carbocycles. The Labute approximate surface area is 162 Å². The molecular weight excluding hydrogens is 334 g/mol. The van der Waals surface area contributed by atoms with Gasteiger partial charge in [0.1, 0.15) is 0 Å². The quantitative estimate of drug-likeness (QED) is 0.767. The highest BCUT2D eigenvalue weighted by Gasteiger charge is 2.34. The van der Waals surface area contributed by atoms with Gasteiger partial charge >= 0.3 is 0 Å². The van der Waals surface area contributed by atoms with Crippen LogP contribution in [0.1, 0.15) is 68.3 Å². The van der Waals surface area contributed by atoms with Crippen LogP contribution in [0.3, 0.4) is 0 Å². The molecule has 0 bridgehead atoms. The third-order valence-electron chi connectivity index (χ3n) is 6.49. The first kappa shape index (κ1) is 18.3. The van der Waals surface area contributed by atoms with Gasteiger partial charge in [-0.3, -0.25) is 4.79 Å². The number of carbonyl (C=O) groups excluding carboxylic acids is 1. The Morgan fingerprint density at radius 1 is 1.00 bits per heavy atom. The number of benzene rings is 1. The first-order chi connectivity index (χ1) is 13.1. The highest BCUT2D eigenvalue weighted by atomic mass is 16.2. The van der Waals surface area contributed by atoms with Crippen LogP contribution in [-0.2, 0) is 11.2 Å². The average Bonchev–Trinajstić information content (AvgIpc) is 3.43. The van der Waals surface area contributed by atoms with Crippen molar-refractivity contribution < 1.29 is 4.79 Å². The summed E-state index contributed by atoms with van der Waals surface area (Å²) < 4.78 is 1.98. The lowest BCUT2D eigenvalue weighted by Crippen LogP contribution is -2.46. The van der Waals surface area contributed by atoms with Crippen molar-refractivity contribution in [3.63, 3.8) is 0 Å². The fourth-order valence-corrected chi connectivity index (χ4v) is 5.06. The molecule has 144 valence electrons. The Balaban J connectivity index is 1.58. The van der Waals surface area contributed by atoms with Crippen molar-refractivity contribution in [2.45, 2.75) is 83.7 Å². The highest BCUT2D eigenvalue weighted by Crippen LogP contribution is 2.32. The van der Waals surface area contributed by atoms with Gasteiger partial charge in [0.25, 0.3) is 0 Å². The van der Waals surface area contributed by atoms with Gasteiger partial charge in [-0.25, -0.2) is 4.68 Å². The number of amides is 1. The number of hydrogen-bond acceptors (Lipinski definition) is 2. The van der Waals surface area contributed by atoms with E-state index in [-0.39, 0.29) is 0 Å². The number of rotatable bonds is 5. The fraction of sp³-hybridized carbons (Fsp3) is 0.565. The van der Waals surface area contributed by atoms with Crippen molar-refractivity contribution in [2.75, 3.05) is 0 Å². The molecule has 1 aromatic heterocycles. The van der Waals surface area contributed by atoms with Crippen molar-refractivity contribution >= 4 is 5.91 Å². The summed E-state index contributed by atoms with van der Waals surface area (Å²) in [5, 5.41) is 4.73. The molecule has 0 aliphatic heterocycles. The number of nitrogens with zero attached hydrogens (tertiary/aromatic N) is 3. The predicted octanol–water partition coefficient (Wildman–Crippen LogP) is 4.75. The van der Waals surface area contributed by atoms with Gasteiger partial charge in [-0.2, -0.15) is 5.10 Å². The maximum Gasteiger partial charge on any atom is 0.227 e. The van der Waals surface area contributed by atoms with E-state index in [0.29, 0.717) is 24.4 Å². The van der Waals surface area contributed by atoms with E-state index in [4.69, 9.17) is 5.10 Å². The van der Waals surface area contributed by atoms with Crippen LogP contribution in [0, 0.1) is 13.8 Å². The van der Waals surface area contributed by atoms with Gasteiger partial charge in [-0.05, 0) is 51.7 Å². The maximum absolute atomic E-state index is 13.4. The van der Waals surface area contributed by atoms with Crippen molar-refractivity contribution in [3.8, 4) is 5.69 Å². The van der Waals surface area contributed by atoms with Gasteiger partial charge < -0.3 is 4.90 Å². The smallest absolute Gasteiger partial charge is 0.227 e. The second kappa shape index (κ2) is 7.87. The Morgan fingerprint density at radius 2 is 1.56 bits per heavy atom. The summed E-state index contributed by atoms with van der Waals surface area (Å²) >= 11 is 0. The average molecular weight is 366 g/mol. The zero-order chi connectivity index (χ0) is 18.8. The zero-order valence-electron chi connectivity index (χ0n) is 16.7. The number of hydrogen-bond donors (Lipinski definition) is 0. The van der Waals surface area contributed by atoms with Crippen molar-refractivity contribution in [2.24, 2.45) is 0 Å². The molecule has 0 unspecified atom stereocenters. The van der Waals surface area contributed by atoms with Crippen LogP contribution in [0.15, 0.2) is 30.3 Å². The van der Waals surface area contributed by atoms with E-state index in [2.05, 4.69) is 24.0 Å². The maximum atomic E-state index is 13.4. The minimum atomic E-state index is 0.313. The van der Waals surface area contributed by atoms with Gasteiger partial charge in [0.15, 0.2) is 0 Å². The third-order valence-corrected chi connectivity index (χ3v) is 6.49. The summed E-state index contributed by atoms with van der Waals surface area (Å²) in [7, 11) is 0. The van der Waals surface area contributed by atoms with Crippen molar-refractivity contribution in [3.05, 3.63) is 47.3 Å². The van der Waals surface area contributed by atoms with E-state index in [9.17, 15) is 4.79 Å². The number of para-hydroxylation sites is 1. The van der Waals surface area contributed by atoms with Gasteiger partial charge in [0, 0.05) is 23.3 Å². The van der Waals surface area contributed by atoms with Crippen LogP contribution in [0.4, 0.5) is 0 Å². The van der Waals surface area contributed by atoms with Crippen LogP contribution in [-0.4, -0.2) is 32.7 Å². The lowest BCUT2D eigenvalue weighted by Gasteiger charge is -2.35. The summed E-state index contributed by atoms with van der Waals surface area (Å²) in [6.45, 7) is 4.12. The molecular formula is C23H31N3O. The minimum Gasteiger partial charge on any atom is -0.336 e. The van der Waals surface area contributed by atoms with Crippen LogP contribution in [0.2, 0.25) is 0 Å². The minimum absolute atomic E-state index is 0.313. The standard InChI is InChI=1S/C23H31N3O/c1-17-22(18(2)26(24-17)21-14-4-3-5-15-21)16-23(27)25(19-10-6-7-11-19)20-12-8-9-13-20/h3-5,14-15,19-20H,6-13,16H2,1-2H3. The van der Waals surface area contributed by atoms with E-state index in [1.54, 1.807) is 0 Å². The summed E-state index contributed by atoms with van der Waals surface area (Å²) in [5.41, 5.74) is 4.22. The Morgan fingerprint density at radius 3 is 2.11 bits per heavy atom. The highest BCUT2D eigenvalue weighted by molar-refractivity contribution is 5.80. The number of carbonyl (C=O) groups is 1. The Kier molecular flexibility index (Phi) is 5.33. The second-order valence-corrected chi connectivity index (χ2v) is 8.25. The zero-order valence-corrected chi connectivity index (χ0v) is 16.7. The first-order valence-electron chi connectivity index (χ1n) is 10.6. The number of aromatic nitrogens is 2. The lowest BCUT2D eigenvalue weighted by atomic mass is 10.0. The van der Waals surface area contributed by atoms with E-state index in [1.807, 2.05) is 29.8 Å². The Hall–Kier alpha value is -2.10. The van der Waals surface area contributed by atoms with Crippen LogP contribution >= 0.6 is 0 Å². The first-order valence-corrected chi connectivity index (χ1v) is 10.6. The van der Waals surface area contributed by atoms with Crippen LogP contribution in [0.25, 0.3) is 5.69 Å². The van der Waals surface area contributed by atoms with E-state index >= 15 is 0 Å². The van der Waals surface area contributed by atoms with Crippen LogP contribution < -0.4 is 0 Å². The number of aryl methyl sites for hydroxylation is 1. The summed E-state index contributed by atoms with van der Waals surface area (Å²) in [6, 6.07) is 11.1. The molecule has 2 fully saturated rings. The molecule has 0 N–H and O–H groups in total. The normalized spacial score (nSPS) is 18.3. The van der Waals surface area contributed by atoms with Gasteiger partial charge in [-0.15, -0.1) is 0 Å². The molecule has 0 radical (unpaired) electrons. The monoisotopic (exact) mass is 365 g/mol. The molecule has 0 spiro atoms. The summed E-state index contributed by atoms with van der Waals surface area (Å²) in [4.78, 5) is 15.7. The fourth-order valence-electron chi connectivity index (χ4n) is 5.06. The molecule has 4 heteroatoms. The molecule has 4 rings (SSSR count). The van der Waals surface area contributed by atoms with Gasteiger partial charge in [0.05, 0.1) is 17.8 Å². The molecule has 1 heterocycles. The third kappa shape index (κ3) is 3.67. The molecule has 0 atom stereocenters. The molecule has 0 saturated heterocycles. The topological polar surface area (TPSA) is 38.1 Å². The molecule has 27 heavy (non-hydrogen) atoms. The molecule has 2 saturated carbocycles. The molecule has 2 aliphatic rings. The molecule has 1 amide bonds. The molecule has 2 aromatic rings. The lowest BCUT2D eigenvalue weighted by molar-refractivity contribution is -0.135. The molecule has 2 aliphatic carbocycles. The summed E-state index contributed by atoms with van der Waals surface area (Å²) in [6.07, 6.45) is 10.3.